The van der Waals surface area contributed by atoms with Crippen LogP contribution in [0.25, 0.3) is 5.69 Å². The first kappa shape index (κ1) is 11.0. The number of nitrogens with zero attached hydrogens (tertiary/aromatic N) is 3. The smallest absolute Gasteiger partial charge is 0.296 e. The summed E-state index contributed by atoms with van der Waals surface area (Å²) in [5, 5.41) is 14.5. The maximum atomic E-state index is 10.9. The summed E-state index contributed by atoms with van der Waals surface area (Å²) in [5.74, 6) is 0. The van der Waals surface area contributed by atoms with Gasteiger partial charge in [0.1, 0.15) is 6.20 Å². The summed E-state index contributed by atoms with van der Waals surface area (Å²) in [6, 6.07) is 7.22. The Hall–Kier alpha value is -2.50. The van der Waals surface area contributed by atoms with Gasteiger partial charge < -0.3 is 0 Å². The normalized spacial score (nSPS) is 10.2. The van der Waals surface area contributed by atoms with Crippen molar-refractivity contribution < 1.29 is 9.72 Å². The molecular formula is C11H9N3O3. The van der Waals surface area contributed by atoms with Gasteiger partial charge in [-0.05, 0) is 24.6 Å². The van der Waals surface area contributed by atoms with Crippen LogP contribution >= 0.6 is 0 Å². The molecule has 6 nitrogen and oxygen atoms in total. The van der Waals surface area contributed by atoms with Crippen LogP contribution in [0.15, 0.2) is 30.5 Å². The first-order valence-corrected chi connectivity index (χ1v) is 4.88. The number of hydrogen-bond acceptors (Lipinski definition) is 4. The van der Waals surface area contributed by atoms with Gasteiger partial charge in [-0.3, -0.25) is 14.9 Å². The predicted octanol–water partition coefficient (Wildman–Crippen LogP) is 1.90. The lowest BCUT2D eigenvalue weighted by Gasteiger charge is -2.03. The predicted molar refractivity (Wildman–Crippen MR) is 60.3 cm³/mol. The Bertz CT molecular complexity index is 589. The minimum absolute atomic E-state index is 0.0550. The Balaban J connectivity index is 2.60. The van der Waals surface area contributed by atoms with E-state index in [1.165, 1.54) is 4.68 Å². The molecule has 0 atom stereocenters. The molecule has 0 amide bonds. The molecule has 6 heteroatoms. The minimum Gasteiger partial charge on any atom is -0.296 e. The van der Waals surface area contributed by atoms with Crippen LogP contribution in [0.3, 0.4) is 0 Å². The van der Waals surface area contributed by atoms with Crippen LogP contribution in [-0.2, 0) is 0 Å². The molecule has 17 heavy (non-hydrogen) atoms. The number of aromatic nitrogens is 2. The molecule has 2 rings (SSSR count). The Morgan fingerprint density at radius 2 is 2.24 bits per heavy atom. The number of benzene rings is 1. The molecule has 1 aromatic carbocycles. The highest BCUT2D eigenvalue weighted by molar-refractivity contribution is 5.79. The molecule has 0 aliphatic carbocycles. The zero-order valence-corrected chi connectivity index (χ0v) is 9.03. The van der Waals surface area contributed by atoms with Crippen molar-refractivity contribution in [3.05, 3.63) is 51.8 Å². The van der Waals surface area contributed by atoms with Gasteiger partial charge in [-0.1, -0.05) is 12.1 Å². The topological polar surface area (TPSA) is 78.0 Å². The Kier molecular flexibility index (Phi) is 2.70. The van der Waals surface area contributed by atoms with E-state index in [1.54, 1.807) is 18.2 Å². The monoisotopic (exact) mass is 231 g/mol. The van der Waals surface area contributed by atoms with Crippen molar-refractivity contribution in [2.45, 2.75) is 6.92 Å². The molecule has 0 aliphatic rings. The van der Waals surface area contributed by atoms with E-state index in [2.05, 4.69) is 5.10 Å². The lowest BCUT2D eigenvalue weighted by atomic mass is 10.2. The summed E-state index contributed by atoms with van der Waals surface area (Å²) in [7, 11) is 0. The highest BCUT2D eigenvalue weighted by atomic mass is 16.6. The maximum Gasteiger partial charge on any atom is 0.318 e. The zero-order chi connectivity index (χ0) is 12.4. The third kappa shape index (κ3) is 1.92. The van der Waals surface area contributed by atoms with Gasteiger partial charge in [0.25, 0.3) is 0 Å². The van der Waals surface area contributed by atoms with E-state index >= 15 is 0 Å². The van der Waals surface area contributed by atoms with Gasteiger partial charge in [-0.25, -0.2) is 4.68 Å². The lowest BCUT2D eigenvalue weighted by molar-refractivity contribution is -0.385. The van der Waals surface area contributed by atoms with E-state index in [0.29, 0.717) is 12.0 Å². The summed E-state index contributed by atoms with van der Waals surface area (Å²) in [6.07, 6.45) is 1.51. The number of carbonyl (C=O) groups is 1. The van der Waals surface area contributed by atoms with Crippen molar-refractivity contribution in [1.82, 2.24) is 9.78 Å². The van der Waals surface area contributed by atoms with Crippen LogP contribution in [0.2, 0.25) is 0 Å². The van der Waals surface area contributed by atoms with E-state index in [-0.39, 0.29) is 11.4 Å². The number of aryl methyl sites for hydroxylation is 1. The first-order valence-electron chi connectivity index (χ1n) is 4.88. The number of carbonyl (C=O) groups excluding carboxylic acids is 1. The Morgan fingerprint density at radius 3 is 2.82 bits per heavy atom. The lowest BCUT2D eigenvalue weighted by Crippen LogP contribution is -2.02. The second kappa shape index (κ2) is 4.17. The molecule has 0 saturated heterocycles. The minimum atomic E-state index is -0.622. The van der Waals surface area contributed by atoms with Crippen LogP contribution in [0.4, 0.5) is 5.69 Å². The van der Waals surface area contributed by atoms with E-state index in [4.69, 9.17) is 0 Å². The van der Waals surface area contributed by atoms with Gasteiger partial charge in [0, 0.05) is 0 Å². The molecule has 2 aromatic rings. The number of nitro groups is 1. The van der Waals surface area contributed by atoms with Gasteiger partial charge in [0.05, 0.1) is 10.6 Å². The molecule has 0 unspecified atom stereocenters. The van der Waals surface area contributed by atoms with E-state index < -0.39 is 4.92 Å². The van der Waals surface area contributed by atoms with Crippen molar-refractivity contribution in [1.29, 1.82) is 0 Å². The van der Waals surface area contributed by atoms with Gasteiger partial charge in [0.2, 0.25) is 0 Å². The van der Waals surface area contributed by atoms with Crippen LogP contribution in [0.1, 0.15) is 16.1 Å². The molecule has 0 radical (unpaired) electrons. The summed E-state index contributed by atoms with van der Waals surface area (Å²) >= 11 is 0. The van der Waals surface area contributed by atoms with E-state index in [1.807, 2.05) is 13.0 Å². The molecule has 0 aliphatic heterocycles. The molecule has 0 fully saturated rings. The highest BCUT2D eigenvalue weighted by Gasteiger charge is 2.20. The van der Waals surface area contributed by atoms with Gasteiger partial charge in [-0.15, -0.1) is 0 Å². The van der Waals surface area contributed by atoms with Gasteiger partial charge in [-0.2, -0.15) is 5.10 Å². The maximum absolute atomic E-state index is 10.9. The zero-order valence-electron chi connectivity index (χ0n) is 9.03. The molecule has 1 aromatic heterocycles. The summed E-state index contributed by atoms with van der Waals surface area (Å²) in [6.45, 7) is 1.89. The van der Waals surface area contributed by atoms with Gasteiger partial charge >= 0.3 is 5.69 Å². The Labute approximate surface area is 96.6 Å². The Morgan fingerprint density at radius 1 is 1.47 bits per heavy atom. The fraction of sp³-hybridized carbons (Fsp3) is 0.0909. The molecule has 0 spiro atoms. The average molecular weight is 231 g/mol. The fourth-order valence-corrected chi connectivity index (χ4v) is 1.57. The molecule has 0 bridgehead atoms. The quantitative estimate of drug-likeness (QED) is 0.459. The third-order valence-corrected chi connectivity index (χ3v) is 2.34. The first-order chi connectivity index (χ1) is 8.13. The van der Waals surface area contributed by atoms with Crippen LogP contribution < -0.4 is 0 Å². The largest absolute Gasteiger partial charge is 0.318 e. The van der Waals surface area contributed by atoms with Gasteiger partial charge in [0.15, 0.2) is 12.0 Å². The molecule has 86 valence electrons. The number of aldehydes is 1. The number of rotatable bonds is 3. The standard InChI is InChI=1S/C11H9N3O3/c1-8-3-2-4-9(5-8)13-11(7-15)10(6-12-13)14(16)17/h2-7H,1H3. The van der Waals surface area contributed by atoms with Crippen LogP contribution in [0.5, 0.6) is 0 Å². The van der Waals surface area contributed by atoms with Crippen molar-refractivity contribution in [3.63, 3.8) is 0 Å². The second-order valence-corrected chi connectivity index (χ2v) is 3.54. The van der Waals surface area contributed by atoms with Crippen molar-refractivity contribution in [2.75, 3.05) is 0 Å². The fourth-order valence-electron chi connectivity index (χ4n) is 1.57. The second-order valence-electron chi connectivity index (χ2n) is 3.54. The van der Waals surface area contributed by atoms with Crippen molar-refractivity contribution >= 4 is 12.0 Å². The van der Waals surface area contributed by atoms with Crippen LogP contribution in [-0.4, -0.2) is 21.0 Å². The molecule has 0 saturated carbocycles. The average Bonchev–Trinajstić information content (AvgIpc) is 2.72. The molecule has 1 heterocycles. The SMILES string of the molecule is Cc1cccc(-n2ncc([N+](=O)[O-])c2C=O)c1. The molecular weight excluding hydrogens is 222 g/mol. The summed E-state index contributed by atoms with van der Waals surface area (Å²) in [5.41, 5.74) is 1.26. The van der Waals surface area contributed by atoms with Crippen molar-refractivity contribution in [2.24, 2.45) is 0 Å². The van der Waals surface area contributed by atoms with Crippen molar-refractivity contribution in [3.8, 4) is 5.69 Å². The summed E-state index contributed by atoms with van der Waals surface area (Å²) in [4.78, 5) is 21.0. The highest BCUT2D eigenvalue weighted by Crippen LogP contribution is 2.20. The van der Waals surface area contributed by atoms with E-state index in [0.717, 1.165) is 11.8 Å². The summed E-state index contributed by atoms with van der Waals surface area (Å²) < 4.78 is 1.26. The van der Waals surface area contributed by atoms with Crippen LogP contribution in [0, 0.1) is 17.0 Å². The van der Waals surface area contributed by atoms with E-state index in [9.17, 15) is 14.9 Å². The molecule has 0 N–H and O–H groups in total. The number of hydrogen-bond donors (Lipinski definition) is 0. The third-order valence-electron chi connectivity index (χ3n) is 2.34.